The maximum atomic E-state index is 12.8. The van der Waals surface area contributed by atoms with Crippen molar-refractivity contribution >= 4 is 38.7 Å². The molecule has 4 heterocycles. The number of nitrogens with zero attached hydrogens (tertiary/aromatic N) is 5. The van der Waals surface area contributed by atoms with Crippen LogP contribution in [0.15, 0.2) is 35.3 Å². The number of pyridine rings is 1. The predicted molar refractivity (Wildman–Crippen MR) is 115 cm³/mol. The van der Waals surface area contributed by atoms with Gasteiger partial charge in [-0.3, -0.25) is 4.40 Å². The zero-order chi connectivity index (χ0) is 20.5. The maximum absolute atomic E-state index is 12.8. The molecule has 0 aliphatic carbocycles. The van der Waals surface area contributed by atoms with E-state index in [2.05, 4.69) is 39.3 Å². The lowest BCUT2D eigenvalue weighted by atomic mass is 10.0. The minimum Gasteiger partial charge on any atom is -0.573 e. The Morgan fingerprint density at radius 1 is 1.41 bits per heavy atom. The summed E-state index contributed by atoms with van der Waals surface area (Å²) in [5, 5.41) is 0. The van der Waals surface area contributed by atoms with Crippen LogP contribution in [-0.4, -0.2) is 61.6 Å². The van der Waals surface area contributed by atoms with E-state index in [4.69, 9.17) is 14.5 Å². The second-order valence-electron chi connectivity index (χ2n) is 6.79. The van der Waals surface area contributed by atoms with Crippen molar-refractivity contribution < 1.29 is 14.0 Å². The summed E-state index contributed by atoms with van der Waals surface area (Å²) in [7, 11) is 5.17. The van der Waals surface area contributed by atoms with Gasteiger partial charge in [0.15, 0.2) is 17.4 Å². The van der Waals surface area contributed by atoms with Crippen LogP contribution in [0.3, 0.4) is 0 Å². The summed E-state index contributed by atoms with van der Waals surface area (Å²) >= 11 is 2.27. The minimum atomic E-state index is -1.39. The van der Waals surface area contributed by atoms with E-state index in [0.717, 1.165) is 33.5 Å². The van der Waals surface area contributed by atoms with Crippen LogP contribution in [0.1, 0.15) is 17.7 Å². The Labute approximate surface area is 180 Å². The maximum Gasteiger partial charge on any atom is 0.191 e. The standard InChI is InChI=1S/C19H22BrN5O3S/c1-23(2)29(26)25-7-6-21-18(25)15-10-14(13-4-8-28-9-5-13)11-24-17(20)16(12-27-3)22-19(15)24/h4,6-7,10-11H,5,8-9,12H2,1-3H3. The number of hydrogen-bond acceptors (Lipinski definition) is 6. The second kappa shape index (κ2) is 8.58. The van der Waals surface area contributed by atoms with Gasteiger partial charge in [0.05, 0.1) is 43.5 Å². The molecule has 4 rings (SSSR count). The third kappa shape index (κ3) is 3.88. The van der Waals surface area contributed by atoms with Gasteiger partial charge in [-0.2, -0.15) is 0 Å². The highest BCUT2D eigenvalue weighted by Crippen LogP contribution is 2.33. The van der Waals surface area contributed by atoms with E-state index in [1.54, 1.807) is 41.9 Å². The van der Waals surface area contributed by atoms with Gasteiger partial charge in [0, 0.05) is 27.4 Å². The molecule has 0 fully saturated rings. The van der Waals surface area contributed by atoms with Gasteiger partial charge in [-0.1, -0.05) is 6.08 Å². The Bertz CT molecular complexity index is 1060. The van der Waals surface area contributed by atoms with E-state index in [9.17, 15) is 4.55 Å². The fourth-order valence-electron chi connectivity index (χ4n) is 3.30. The molecule has 1 unspecified atom stereocenters. The molecule has 0 radical (unpaired) electrons. The molecule has 8 nitrogen and oxygen atoms in total. The lowest BCUT2D eigenvalue weighted by Crippen LogP contribution is -2.29. The molecule has 3 aromatic rings. The molecule has 0 saturated heterocycles. The average molecular weight is 480 g/mol. The quantitative estimate of drug-likeness (QED) is 0.505. The largest absolute Gasteiger partial charge is 0.573 e. The van der Waals surface area contributed by atoms with Crippen LogP contribution < -0.4 is 0 Å². The van der Waals surface area contributed by atoms with Crippen molar-refractivity contribution in [2.45, 2.75) is 13.0 Å². The molecule has 1 aliphatic rings. The lowest BCUT2D eigenvalue weighted by Gasteiger charge is -2.18. The van der Waals surface area contributed by atoms with Crippen molar-refractivity contribution in [3.8, 4) is 11.4 Å². The summed E-state index contributed by atoms with van der Waals surface area (Å²) < 4.78 is 29.6. The van der Waals surface area contributed by atoms with E-state index >= 15 is 0 Å². The van der Waals surface area contributed by atoms with Gasteiger partial charge in [-0.15, -0.1) is 8.28 Å². The van der Waals surface area contributed by atoms with Crippen molar-refractivity contribution in [1.82, 2.24) is 22.6 Å². The molecule has 0 bridgehead atoms. The molecule has 0 spiro atoms. The monoisotopic (exact) mass is 479 g/mol. The number of methoxy groups -OCH3 is 1. The summed E-state index contributed by atoms with van der Waals surface area (Å²) in [6.45, 7) is 1.67. The number of imidazole rings is 2. The lowest BCUT2D eigenvalue weighted by molar-refractivity contribution is 0.161. The van der Waals surface area contributed by atoms with Crippen LogP contribution in [0.5, 0.6) is 0 Å². The Morgan fingerprint density at radius 3 is 2.93 bits per heavy atom. The van der Waals surface area contributed by atoms with Crippen LogP contribution in [-0.2, 0) is 27.6 Å². The van der Waals surface area contributed by atoms with E-state index < -0.39 is 11.5 Å². The summed E-state index contributed by atoms with van der Waals surface area (Å²) in [6, 6.07) is 2.06. The zero-order valence-electron chi connectivity index (χ0n) is 16.5. The number of aromatic nitrogens is 4. The van der Waals surface area contributed by atoms with Gasteiger partial charge in [0.25, 0.3) is 0 Å². The fraction of sp³-hybridized carbons (Fsp3) is 0.368. The number of halogens is 1. The normalized spacial score (nSPS) is 15.9. The fourth-order valence-corrected chi connectivity index (χ4v) is 4.58. The molecule has 0 amide bonds. The molecule has 1 aliphatic heterocycles. The Morgan fingerprint density at radius 2 is 2.24 bits per heavy atom. The molecule has 0 saturated carbocycles. The van der Waals surface area contributed by atoms with Crippen molar-refractivity contribution in [2.75, 3.05) is 34.4 Å². The van der Waals surface area contributed by atoms with E-state index in [-0.39, 0.29) is 0 Å². The van der Waals surface area contributed by atoms with Gasteiger partial charge >= 0.3 is 0 Å². The van der Waals surface area contributed by atoms with Crippen molar-refractivity contribution in [3.63, 3.8) is 0 Å². The van der Waals surface area contributed by atoms with Gasteiger partial charge in [0.2, 0.25) is 0 Å². The highest BCUT2D eigenvalue weighted by atomic mass is 79.9. The van der Waals surface area contributed by atoms with Crippen LogP contribution in [0.25, 0.3) is 22.6 Å². The Kier molecular flexibility index (Phi) is 6.09. The zero-order valence-corrected chi connectivity index (χ0v) is 18.9. The second-order valence-corrected chi connectivity index (χ2v) is 9.13. The minimum absolute atomic E-state index is 0.381. The first kappa shape index (κ1) is 20.6. The molecule has 0 aromatic carbocycles. The molecule has 0 N–H and O–H groups in total. The summed E-state index contributed by atoms with van der Waals surface area (Å²) in [6.07, 6.45) is 8.36. The van der Waals surface area contributed by atoms with Crippen molar-refractivity contribution in [2.24, 2.45) is 0 Å². The Balaban J connectivity index is 1.96. The molecular weight excluding hydrogens is 458 g/mol. The van der Waals surface area contributed by atoms with Crippen LogP contribution in [0.4, 0.5) is 0 Å². The third-order valence-corrected chi connectivity index (χ3v) is 6.77. The van der Waals surface area contributed by atoms with Gasteiger partial charge < -0.3 is 14.0 Å². The van der Waals surface area contributed by atoms with E-state index in [1.807, 2.05) is 4.40 Å². The molecule has 29 heavy (non-hydrogen) atoms. The first-order valence-electron chi connectivity index (χ1n) is 9.11. The average Bonchev–Trinajstić information content (AvgIpc) is 3.33. The molecule has 3 aromatic heterocycles. The Hall–Kier alpha value is -1.69. The number of ether oxygens (including phenoxy) is 2. The highest BCUT2D eigenvalue weighted by molar-refractivity contribution is 9.10. The van der Waals surface area contributed by atoms with Crippen LogP contribution in [0, 0.1) is 0 Å². The first-order chi connectivity index (χ1) is 14.0. The van der Waals surface area contributed by atoms with Crippen molar-refractivity contribution in [3.05, 3.63) is 46.6 Å². The number of hydrogen-bond donors (Lipinski definition) is 0. The number of fused-ring (bicyclic) bond motifs is 1. The summed E-state index contributed by atoms with van der Waals surface area (Å²) in [5.41, 5.74) is 4.59. The van der Waals surface area contributed by atoms with Gasteiger partial charge in [-0.05, 0) is 39.6 Å². The molecule has 154 valence electrons. The molecule has 10 heteroatoms. The van der Waals surface area contributed by atoms with Crippen LogP contribution in [0.2, 0.25) is 0 Å². The SMILES string of the molecule is COCc1nc2c(-c3nccn3[S+]([O-])N(C)C)cc(C3=CCOCC3)cn2c1Br. The van der Waals surface area contributed by atoms with Gasteiger partial charge in [0.1, 0.15) is 10.3 Å². The number of rotatable bonds is 6. The van der Waals surface area contributed by atoms with E-state index in [0.29, 0.717) is 25.6 Å². The first-order valence-corrected chi connectivity index (χ1v) is 11.0. The smallest absolute Gasteiger partial charge is 0.191 e. The summed E-state index contributed by atoms with van der Waals surface area (Å²) in [4.78, 5) is 9.28. The third-order valence-electron chi connectivity index (χ3n) is 4.67. The molecular formula is C19H22BrN5O3S. The topological polar surface area (TPSA) is 79.9 Å². The highest BCUT2D eigenvalue weighted by Gasteiger charge is 2.24. The molecule has 1 atom stereocenters. The van der Waals surface area contributed by atoms with Crippen molar-refractivity contribution in [1.29, 1.82) is 0 Å². The van der Waals surface area contributed by atoms with Gasteiger partial charge in [-0.25, -0.2) is 9.97 Å². The van der Waals surface area contributed by atoms with E-state index in [1.165, 1.54) is 5.57 Å². The van der Waals surface area contributed by atoms with Crippen LogP contribution >= 0.6 is 15.9 Å². The summed E-state index contributed by atoms with van der Waals surface area (Å²) in [5.74, 6) is 0.595. The predicted octanol–water partition coefficient (Wildman–Crippen LogP) is 2.90.